The summed E-state index contributed by atoms with van der Waals surface area (Å²) < 4.78 is 0. The van der Waals surface area contributed by atoms with Crippen LogP contribution in [0.5, 0.6) is 0 Å². The molecule has 14 atom stereocenters. The van der Waals surface area contributed by atoms with Crippen LogP contribution < -0.4 is 0 Å². The molecule has 0 nitrogen and oxygen atoms in total. The minimum absolute atomic E-state index is 0.634. The van der Waals surface area contributed by atoms with Crippen LogP contribution >= 0.6 is 0 Å². The lowest BCUT2D eigenvalue weighted by Crippen LogP contribution is -2.54. The molecule has 0 spiro atoms. The van der Waals surface area contributed by atoms with Crippen LogP contribution in [0.2, 0.25) is 24.2 Å². The second kappa shape index (κ2) is 10.7. The zero-order valence-electron chi connectivity index (χ0n) is 27.7. The minimum atomic E-state index is -1.52. The van der Waals surface area contributed by atoms with Gasteiger partial charge >= 0.3 is 0 Å². The summed E-state index contributed by atoms with van der Waals surface area (Å²) >= 11 is 0. The van der Waals surface area contributed by atoms with E-state index in [0.717, 1.165) is 70.3 Å². The first kappa shape index (κ1) is 29.3. The van der Waals surface area contributed by atoms with Gasteiger partial charge in [-0.3, -0.25) is 0 Å². The molecule has 0 heterocycles. The van der Waals surface area contributed by atoms with Crippen LogP contribution in [-0.2, 0) is 0 Å². The molecule has 0 aliphatic heterocycles. The van der Waals surface area contributed by atoms with Gasteiger partial charge in [0.2, 0.25) is 0 Å². The van der Waals surface area contributed by atoms with E-state index in [1.807, 2.05) is 0 Å². The molecule has 6 fully saturated rings. The van der Waals surface area contributed by atoms with Crippen LogP contribution in [0.1, 0.15) is 144 Å². The van der Waals surface area contributed by atoms with Gasteiger partial charge in [-0.05, 0) is 132 Å². The van der Waals surface area contributed by atoms with Crippen molar-refractivity contribution in [2.75, 3.05) is 0 Å². The molecule has 0 N–H and O–H groups in total. The van der Waals surface area contributed by atoms with E-state index in [1.54, 1.807) is 51.4 Å². The standard InChI is InChI=1S/C38H68Si/c1-25-15-9-11-17-29(25)31-19-13-21-37(5)33(31)23-27(3)35(37)39(7,8)36-28(4)24-34-32(20-14-22-38(34,36)6)30-18-12-10-16-26(30)2/h25-36H,9-24H2,1-8H3. The van der Waals surface area contributed by atoms with E-state index in [-0.39, 0.29) is 0 Å². The summed E-state index contributed by atoms with van der Waals surface area (Å²) in [6.45, 7) is 22.5. The Balaban J connectivity index is 1.30. The van der Waals surface area contributed by atoms with Crippen molar-refractivity contribution in [1.29, 1.82) is 0 Å². The Kier molecular flexibility index (Phi) is 8.06. The smallest absolute Gasteiger partial charge is 0.0552 e. The third-order valence-electron chi connectivity index (χ3n) is 16.1. The van der Waals surface area contributed by atoms with E-state index in [1.165, 1.54) is 51.4 Å². The highest BCUT2D eigenvalue weighted by molar-refractivity contribution is 6.80. The van der Waals surface area contributed by atoms with Gasteiger partial charge < -0.3 is 0 Å². The zero-order chi connectivity index (χ0) is 27.7. The maximum atomic E-state index is 2.97. The van der Waals surface area contributed by atoms with E-state index >= 15 is 0 Å². The average Bonchev–Trinajstić information content (AvgIpc) is 3.33. The molecule has 1 heteroatoms. The van der Waals surface area contributed by atoms with E-state index < -0.39 is 8.07 Å². The summed E-state index contributed by atoms with van der Waals surface area (Å²) in [6, 6.07) is 0. The molecule has 39 heavy (non-hydrogen) atoms. The van der Waals surface area contributed by atoms with Gasteiger partial charge in [0.15, 0.2) is 0 Å². The van der Waals surface area contributed by atoms with Crippen LogP contribution in [-0.4, -0.2) is 8.07 Å². The zero-order valence-corrected chi connectivity index (χ0v) is 28.7. The van der Waals surface area contributed by atoms with Gasteiger partial charge in [0.25, 0.3) is 0 Å². The molecule has 6 saturated carbocycles. The lowest BCUT2D eigenvalue weighted by Gasteiger charge is -2.58. The number of hydrogen-bond donors (Lipinski definition) is 0. The fourth-order valence-electron chi connectivity index (χ4n) is 15.6. The molecule has 6 aliphatic carbocycles. The summed E-state index contributed by atoms with van der Waals surface area (Å²) in [5.41, 5.74) is 3.37. The Labute approximate surface area is 246 Å². The number of fused-ring (bicyclic) bond motifs is 2. The monoisotopic (exact) mass is 553 g/mol. The fraction of sp³-hybridized carbons (Fsp3) is 1.00. The molecule has 0 bridgehead atoms. The molecule has 0 aromatic carbocycles. The maximum absolute atomic E-state index is 2.97. The Hall–Kier alpha value is 0.217. The van der Waals surface area contributed by atoms with E-state index in [2.05, 4.69) is 54.6 Å². The van der Waals surface area contributed by atoms with E-state index in [9.17, 15) is 0 Å². The SMILES string of the molecule is CC1CCCCC1C1CCCC2(C)C1CC(C)C2[Si](C)(C)C1C(C)CC2C(C3CCCCC3C)CCCC21C. The Morgan fingerprint density at radius 2 is 0.821 bits per heavy atom. The Bertz CT molecular complexity index is 793. The molecule has 0 radical (unpaired) electrons. The normalized spacial score (nSPS) is 54.8. The molecular weight excluding hydrogens is 485 g/mol. The Morgan fingerprint density at radius 1 is 0.462 bits per heavy atom. The lowest BCUT2D eigenvalue weighted by molar-refractivity contribution is 0.0134. The summed E-state index contributed by atoms with van der Waals surface area (Å²) in [6.07, 6.45) is 24.7. The van der Waals surface area contributed by atoms with Crippen LogP contribution in [0.25, 0.3) is 0 Å². The average molecular weight is 553 g/mol. The van der Waals surface area contributed by atoms with Gasteiger partial charge in [-0.2, -0.15) is 0 Å². The third-order valence-corrected chi connectivity index (χ3v) is 21.8. The topological polar surface area (TPSA) is 0 Å². The van der Waals surface area contributed by atoms with Crippen molar-refractivity contribution in [3.63, 3.8) is 0 Å². The third kappa shape index (κ3) is 4.62. The van der Waals surface area contributed by atoms with Gasteiger partial charge in [0.1, 0.15) is 0 Å². The van der Waals surface area contributed by atoms with Crippen molar-refractivity contribution in [1.82, 2.24) is 0 Å². The predicted octanol–water partition coefficient (Wildman–Crippen LogP) is 12.0. The summed E-state index contributed by atoms with van der Waals surface area (Å²) in [4.78, 5) is 0. The van der Waals surface area contributed by atoms with Crippen molar-refractivity contribution in [3.05, 3.63) is 0 Å². The predicted molar refractivity (Wildman–Crippen MR) is 173 cm³/mol. The van der Waals surface area contributed by atoms with Crippen molar-refractivity contribution >= 4 is 8.07 Å². The Morgan fingerprint density at radius 3 is 1.21 bits per heavy atom. The molecule has 0 aromatic heterocycles. The fourth-order valence-corrected chi connectivity index (χ4v) is 23.3. The molecule has 0 saturated heterocycles. The molecule has 6 rings (SSSR count). The van der Waals surface area contributed by atoms with Crippen LogP contribution in [0.15, 0.2) is 0 Å². The highest BCUT2D eigenvalue weighted by Gasteiger charge is 2.67. The highest BCUT2D eigenvalue weighted by Crippen LogP contribution is 2.74. The molecule has 14 unspecified atom stereocenters. The van der Waals surface area contributed by atoms with Gasteiger partial charge in [-0.1, -0.05) is 106 Å². The summed E-state index contributed by atoms with van der Waals surface area (Å²) in [5.74, 6) is 10.2. The van der Waals surface area contributed by atoms with Gasteiger partial charge in [-0.15, -0.1) is 0 Å². The van der Waals surface area contributed by atoms with Crippen molar-refractivity contribution in [3.8, 4) is 0 Å². The number of hydrogen-bond acceptors (Lipinski definition) is 0. The first-order valence-electron chi connectivity index (χ1n) is 18.5. The van der Waals surface area contributed by atoms with Crippen molar-refractivity contribution in [2.45, 2.75) is 168 Å². The lowest BCUT2D eigenvalue weighted by atomic mass is 9.57. The van der Waals surface area contributed by atoms with Gasteiger partial charge in [0.05, 0.1) is 8.07 Å². The second-order valence-electron chi connectivity index (χ2n) is 18.4. The summed E-state index contributed by atoms with van der Waals surface area (Å²) in [5, 5.41) is 0. The molecule has 0 aromatic rings. The first-order chi connectivity index (χ1) is 18.5. The van der Waals surface area contributed by atoms with E-state index in [0.29, 0.717) is 10.8 Å². The van der Waals surface area contributed by atoms with Crippen molar-refractivity contribution < 1.29 is 0 Å². The number of rotatable bonds is 4. The molecule has 224 valence electrons. The molecule has 0 amide bonds. The summed E-state index contributed by atoms with van der Waals surface area (Å²) in [7, 11) is -1.52. The maximum Gasteiger partial charge on any atom is 0.0552 e. The minimum Gasteiger partial charge on any atom is -0.0689 e. The molecular formula is C38H68Si. The van der Waals surface area contributed by atoms with Crippen LogP contribution in [0.4, 0.5) is 0 Å². The largest absolute Gasteiger partial charge is 0.0689 e. The van der Waals surface area contributed by atoms with Crippen LogP contribution in [0, 0.1) is 70.0 Å². The quantitative estimate of drug-likeness (QED) is 0.304. The first-order valence-corrected chi connectivity index (χ1v) is 21.7. The second-order valence-corrected chi connectivity index (χ2v) is 23.3. The molecule has 6 aliphatic rings. The van der Waals surface area contributed by atoms with Crippen LogP contribution in [0.3, 0.4) is 0 Å². The van der Waals surface area contributed by atoms with Gasteiger partial charge in [0, 0.05) is 0 Å². The highest BCUT2D eigenvalue weighted by atomic mass is 28.3. The van der Waals surface area contributed by atoms with E-state index in [4.69, 9.17) is 0 Å². The van der Waals surface area contributed by atoms with Gasteiger partial charge in [-0.25, -0.2) is 0 Å². The van der Waals surface area contributed by atoms with Crippen molar-refractivity contribution in [2.24, 2.45) is 70.0 Å².